The van der Waals surface area contributed by atoms with E-state index in [4.69, 9.17) is 14.2 Å². The van der Waals surface area contributed by atoms with Crippen LogP contribution in [0, 0.1) is 23.6 Å². The second-order valence-electron chi connectivity index (χ2n) is 12.8. The number of benzene rings is 1. The van der Waals surface area contributed by atoms with Crippen LogP contribution in [0.15, 0.2) is 30.5 Å². The first-order chi connectivity index (χ1) is 20.8. The molecule has 6 atom stereocenters. The van der Waals surface area contributed by atoms with E-state index < -0.39 is 18.0 Å². The Bertz CT molecular complexity index is 1380. The molecule has 2 amide bonds. The van der Waals surface area contributed by atoms with Crippen LogP contribution in [0.3, 0.4) is 0 Å². The Morgan fingerprint density at radius 3 is 2.67 bits per heavy atom. The first kappa shape index (κ1) is 29.7. The molecule has 0 spiro atoms. The fraction of sp³-hybridized carbons (Fsp3) is 0.606. The number of nitrogens with one attached hydrogen (secondary N) is 1. The number of nitrogens with zero attached hydrogens (tertiary/aromatic N) is 3. The van der Waals surface area contributed by atoms with Crippen LogP contribution < -0.4 is 19.7 Å². The summed E-state index contributed by atoms with van der Waals surface area (Å²) in [5.74, 6) is 0.851. The van der Waals surface area contributed by atoms with Crippen molar-refractivity contribution in [3.8, 4) is 11.6 Å². The van der Waals surface area contributed by atoms with Crippen LogP contribution in [0.1, 0.15) is 52.4 Å². The van der Waals surface area contributed by atoms with E-state index in [0.29, 0.717) is 56.4 Å². The molecule has 4 heterocycles. The van der Waals surface area contributed by atoms with Gasteiger partial charge in [-0.1, -0.05) is 26.0 Å². The largest absolute Gasteiger partial charge is 0.494 e. The lowest BCUT2D eigenvalue weighted by Gasteiger charge is -2.30. The number of fused-ring (bicyclic) bond motifs is 3. The number of rotatable bonds is 4. The van der Waals surface area contributed by atoms with Gasteiger partial charge in [0, 0.05) is 42.7 Å². The number of ether oxygens (including phenoxy) is 3. The lowest BCUT2D eigenvalue weighted by atomic mass is 9.91. The molecule has 1 aliphatic carbocycles. The average molecular weight is 595 g/mol. The maximum Gasteiger partial charge on any atom is 0.243 e. The fourth-order valence-corrected chi connectivity index (χ4v) is 6.90. The number of hydrogen-bond donors (Lipinski definition) is 1. The standard InChI is InChI=1S/C33H43FN4O5/c1-20-6-4-5-7-22-14-27(22)36-32(40)28-15-23(19-38(28)31(39)13-21(2)12-20)43-33-25-16-26(34)30(41-3)17-24(25)29(18-35-33)37-8-10-42-11-9-37/h5,7,16-18,20-23,27-28H,4,6,8-15,19H2,1-3H3,(H,36,40)/b7-5-/t20-,21-,22-,23-,27-,28+/m1/s1. The van der Waals surface area contributed by atoms with Gasteiger partial charge >= 0.3 is 0 Å². The highest BCUT2D eigenvalue weighted by molar-refractivity contribution is 5.98. The van der Waals surface area contributed by atoms with Crippen LogP contribution >= 0.6 is 0 Å². The molecule has 43 heavy (non-hydrogen) atoms. The van der Waals surface area contributed by atoms with Crippen LogP contribution in [0.4, 0.5) is 10.1 Å². The molecule has 3 fully saturated rings. The quantitative estimate of drug-likeness (QED) is 0.522. The van der Waals surface area contributed by atoms with Gasteiger partial charge in [-0.15, -0.1) is 0 Å². The number of halogens is 1. The minimum atomic E-state index is -0.617. The van der Waals surface area contributed by atoms with Gasteiger partial charge < -0.3 is 29.3 Å². The van der Waals surface area contributed by atoms with Crippen LogP contribution in [-0.4, -0.2) is 79.8 Å². The lowest BCUT2D eigenvalue weighted by Crippen LogP contribution is -2.47. The topological polar surface area (TPSA) is 93.2 Å². The van der Waals surface area contributed by atoms with Crippen molar-refractivity contribution in [3.05, 3.63) is 36.3 Å². The summed E-state index contributed by atoms with van der Waals surface area (Å²) in [5, 5.41) is 4.47. The fourth-order valence-electron chi connectivity index (χ4n) is 6.90. The van der Waals surface area contributed by atoms with Gasteiger partial charge in [-0.05, 0) is 55.6 Å². The van der Waals surface area contributed by atoms with E-state index >= 15 is 4.39 Å². The maximum absolute atomic E-state index is 15.0. The Balaban J connectivity index is 1.26. The molecule has 232 valence electrons. The summed E-state index contributed by atoms with van der Waals surface area (Å²) >= 11 is 0. The summed E-state index contributed by atoms with van der Waals surface area (Å²) in [7, 11) is 1.44. The molecule has 0 radical (unpaired) electrons. The summed E-state index contributed by atoms with van der Waals surface area (Å²) in [6, 6.07) is 2.57. The number of amides is 2. The van der Waals surface area contributed by atoms with Gasteiger partial charge in [-0.3, -0.25) is 9.59 Å². The van der Waals surface area contributed by atoms with Gasteiger partial charge in [0.2, 0.25) is 17.7 Å². The Morgan fingerprint density at radius 2 is 1.88 bits per heavy atom. The number of carbonyl (C=O) groups excluding carboxylic acids is 2. The molecule has 2 aromatic rings. The van der Waals surface area contributed by atoms with Gasteiger partial charge in [0.25, 0.3) is 0 Å². The highest BCUT2D eigenvalue weighted by Crippen LogP contribution is 2.38. The molecule has 1 aromatic heterocycles. The first-order valence-corrected chi connectivity index (χ1v) is 15.7. The highest BCUT2D eigenvalue weighted by Gasteiger charge is 2.44. The van der Waals surface area contributed by atoms with Crippen molar-refractivity contribution < 1.29 is 28.2 Å². The molecule has 0 unspecified atom stereocenters. The number of pyridine rings is 1. The minimum absolute atomic E-state index is 0.0254. The summed E-state index contributed by atoms with van der Waals surface area (Å²) in [6.45, 7) is 7.24. The minimum Gasteiger partial charge on any atom is -0.494 e. The third-order valence-electron chi connectivity index (χ3n) is 9.32. The van der Waals surface area contributed by atoms with Crippen LogP contribution in [-0.2, 0) is 14.3 Å². The summed E-state index contributed by atoms with van der Waals surface area (Å²) in [5.41, 5.74) is 0.855. The van der Waals surface area contributed by atoms with Crippen molar-refractivity contribution >= 4 is 28.3 Å². The molecular weight excluding hydrogens is 551 g/mol. The summed E-state index contributed by atoms with van der Waals surface area (Å²) in [4.78, 5) is 35.6. The molecule has 10 heteroatoms. The van der Waals surface area contributed by atoms with Crippen molar-refractivity contribution in [3.63, 3.8) is 0 Å². The molecular formula is C33H43FN4O5. The smallest absolute Gasteiger partial charge is 0.243 e. The monoisotopic (exact) mass is 594 g/mol. The van der Waals surface area contributed by atoms with E-state index in [0.717, 1.165) is 36.8 Å². The van der Waals surface area contributed by atoms with E-state index in [1.807, 2.05) is 0 Å². The number of methoxy groups -OCH3 is 1. The highest BCUT2D eigenvalue weighted by atomic mass is 19.1. The van der Waals surface area contributed by atoms with Gasteiger partial charge in [0.05, 0.1) is 38.8 Å². The Labute approximate surface area is 252 Å². The molecule has 1 N–H and O–H groups in total. The number of hydrogen-bond acceptors (Lipinski definition) is 7. The predicted octanol–water partition coefficient (Wildman–Crippen LogP) is 4.47. The van der Waals surface area contributed by atoms with Crippen molar-refractivity contribution in [1.29, 1.82) is 0 Å². The van der Waals surface area contributed by atoms with E-state index in [2.05, 4.69) is 41.2 Å². The van der Waals surface area contributed by atoms with Crippen LogP contribution in [0.25, 0.3) is 10.8 Å². The van der Waals surface area contributed by atoms with Crippen LogP contribution in [0.2, 0.25) is 0 Å². The van der Waals surface area contributed by atoms with Crippen molar-refractivity contribution in [2.45, 2.75) is 70.6 Å². The van der Waals surface area contributed by atoms with Gasteiger partial charge in [-0.2, -0.15) is 0 Å². The first-order valence-electron chi connectivity index (χ1n) is 15.7. The third kappa shape index (κ3) is 6.59. The Hall–Kier alpha value is -3.40. The Kier molecular flexibility index (Phi) is 8.75. The molecule has 3 aliphatic heterocycles. The normalized spacial score (nSPS) is 31.0. The number of morpholine rings is 1. The van der Waals surface area contributed by atoms with Crippen molar-refractivity contribution in [2.75, 3.05) is 44.9 Å². The second kappa shape index (κ2) is 12.7. The molecule has 0 bridgehead atoms. The van der Waals surface area contributed by atoms with Crippen molar-refractivity contribution in [2.24, 2.45) is 17.8 Å². The van der Waals surface area contributed by atoms with E-state index in [1.54, 1.807) is 17.2 Å². The van der Waals surface area contributed by atoms with E-state index in [9.17, 15) is 9.59 Å². The SMILES string of the molecule is COc1cc2c(N3CCOCC3)cnc(O[C@@H]3C[C@H]4C(=O)N[C@@H]5C[C@H]5/C=C\CC[C@@H](C)C[C@@H](C)CC(=O)N4C3)c2cc1F. The molecule has 9 nitrogen and oxygen atoms in total. The van der Waals surface area contributed by atoms with E-state index in [-0.39, 0.29) is 41.9 Å². The second-order valence-corrected chi connectivity index (χ2v) is 12.8. The zero-order chi connectivity index (χ0) is 30.1. The van der Waals surface area contributed by atoms with Crippen LogP contribution in [0.5, 0.6) is 11.6 Å². The maximum atomic E-state index is 15.0. The molecule has 2 saturated heterocycles. The number of aromatic nitrogens is 1. The zero-order valence-electron chi connectivity index (χ0n) is 25.4. The number of allylic oxidation sites excluding steroid dienone is 1. The molecule has 1 aromatic carbocycles. The van der Waals surface area contributed by atoms with Crippen molar-refractivity contribution in [1.82, 2.24) is 15.2 Å². The lowest BCUT2D eigenvalue weighted by molar-refractivity contribution is -0.139. The Morgan fingerprint density at radius 1 is 1.07 bits per heavy atom. The molecule has 4 aliphatic rings. The predicted molar refractivity (Wildman–Crippen MR) is 162 cm³/mol. The summed E-state index contributed by atoms with van der Waals surface area (Å²) in [6.07, 6.45) is 10.5. The number of carbonyl (C=O) groups is 2. The average Bonchev–Trinajstić information content (AvgIpc) is 3.58. The molecule has 6 rings (SSSR count). The summed E-state index contributed by atoms with van der Waals surface area (Å²) < 4.78 is 32.2. The number of anilines is 1. The van der Waals surface area contributed by atoms with E-state index in [1.165, 1.54) is 13.2 Å². The zero-order valence-corrected chi connectivity index (χ0v) is 25.4. The van der Waals surface area contributed by atoms with Gasteiger partial charge in [0.15, 0.2) is 11.6 Å². The molecule has 1 saturated carbocycles. The van der Waals surface area contributed by atoms with Gasteiger partial charge in [0.1, 0.15) is 12.1 Å². The third-order valence-corrected chi connectivity index (χ3v) is 9.32. The van der Waals surface area contributed by atoms with Gasteiger partial charge in [-0.25, -0.2) is 9.37 Å².